The van der Waals surface area contributed by atoms with Crippen LogP contribution in [0.4, 0.5) is 0 Å². The average Bonchev–Trinajstić information content (AvgIpc) is 2.83. The monoisotopic (exact) mass is 417 g/mol. The predicted molar refractivity (Wildman–Crippen MR) is 122 cm³/mol. The normalized spacial score (nSPS) is 11.8. The molecule has 0 saturated carbocycles. The Hall–Kier alpha value is -3.67. The highest BCUT2D eigenvalue weighted by atomic mass is 16.5. The van der Waals surface area contributed by atoms with Gasteiger partial charge in [-0.25, -0.2) is 5.43 Å². The lowest BCUT2D eigenvalue weighted by Crippen LogP contribution is -2.17. The second kappa shape index (κ2) is 11.5. The molecule has 160 valence electrons. The van der Waals surface area contributed by atoms with Gasteiger partial charge in [0.2, 0.25) is 0 Å². The summed E-state index contributed by atoms with van der Waals surface area (Å²) in [7, 11) is 0. The van der Waals surface area contributed by atoms with E-state index in [1.807, 2.05) is 36.4 Å². The fourth-order valence-electron chi connectivity index (χ4n) is 2.89. The minimum atomic E-state index is -0.301. The van der Waals surface area contributed by atoms with Gasteiger partial charge in [0.05, 0.1) is 6.21 Å². The van der Waals surface area contributed by atoms with Gasteiger partial charge in [-0.3, -0.25) is 9.78 Å². The number of hydrogen-bond acceptors (Lipinski definition) is 5. The lowest BCUT2D eigenvalue weighted by molar-refractivity contribution is 0.0955. The summed E-state index contributed by atoms with van der Waals surface area (Å²) in [6, 6.07) is 18.9. The zero-order valence-corrected chi connectivity index (χ0v) is 17.8. The summed E-state index contributed by atoms with van der Waals surface area (Å²) < 4.78 is 11.6. The predicted octanol–water partition coefficient (Wildman–Crippen LogP) is 4.82. The first kappa shape index (κ1) is 22.0. The third kappa shape index (κ3) is 6.67. The summed E-state index contributed by atoms with van der Waals surface area (Å²) in [4.78, 5) is 15.9. The van der Waals surface area contributed by atoms with Crippen LogP contribution in [0.1, 0.15) is 47.7 Å². The molecule has 1 atom stereocenters. The Kier molecular flexibility index (Phi) is 8.17. The zero-order chi connectivity index (χ0) is 21.9. The number of rotatable bonds is 10. The van der Waals surface area contributed by atoms with Gasteiger partial charge in [0.25, 0.3) is 5.91 Å². The smallest absolute Gasteiger partial charge is 0.271 e. The van der Waals surface area contributed by atoms with Gasteiger partial charge < -0.3 is 9.47 Å². The quantitative estimate of drug-likeness (QED) is 0.292. The van der Waals surface area contributed by atoms with Crippen LogP contribution in [0, 0.1) is 0 Å². The number of nitrogens with one attached hydrogen (secondary N) is 1. The van der Waals surface area contributed by atoms with E-state index in [0.717, 1.165) is 17.7 Å². The molecule has 0 aliphatic heterocycles. The first-order valence-corrected chi connectivity index (χ1v) is 10.4. The number of carbonyl (C=O) groups is 1. The first-order valence-electron chi connectivity index (χ1n) is 10.4. The van der Waals surface area contributed by atoms with Crippen LogP contribution in [0.2, 0.25) is 0 Å². The third-order valence-electron chi connectivity index (χ3n) is 4.90. The van der Waals surface area contributed by atoms with Crippen LogP contribution in [0.3, 0.4) is 0 Å². The Morgan fingerprint density at radius 3 is 2.48 bits per heavy atom. The van der Waals surface area contributed by atoms with Crippen LogP contribution in [0.5, 0.6) is 11.5 Å². The van der Waals surface area contributed by atoms with E-state index in [2.05, 4.69) is 41.5 Å². The zero-order valence-electron chi connectivity index (χ0n) is 17.8. The van der Waals surface area contributed by atoms with Gasteiger partial charge in [-0.1, -0.05) is 38.1 Å². The van der Waals surface area contributed by atoms with Crippen molar-refractivity contribution in [3.8, 4) is 11.5 Å². The summed E-state index contributed by atoms with van der Waals surface area (Å²) in [5.41, 5.74) is 5.07. The Labute approximate surface area is 182 Å². The van der Waals surface area contributed by atoms with E-state index >= 15 is 0 Å². The molecule has 0 bridgehead atoms. The highest BCUT2D eigenvalue weighted by Crippen LogP contribution is 2.21. The number of aromatic nitrogens is 1. The molecule has 6 nitrogen and oxygen atoms in total. The molecule has 31 heavy (non-hydrogen) atoms. The number of carbonyl (C=O) groups excluding carboxylic acids is 1. The fourth-order valence-corrected chi connectivity index (χ4v) is 2.89. The third-order valence-corrected chi connectivity index (χ3v) is 4.90. The van der Waals surface area contributed by atoms with Gasteiger partial charge >= 0.3 is 0 Å². The van der Waals surface area contributed by atoms with Crippen LogP contribution in [0.25, 0.3) is 0 Å². The van der Waals surface area contributed by atoms with Gasteiger partial charge in [-0.15, -0.1) is 0 Å². The maximum Gasteiger partial charge on any atom is 0.271 e. The van der Waals surface area contributed by atoms with Crippen molar-refractivity contribution in [2.45, 2.75) is 26.2 Å². The van der Waals surface area contributed by atoms with E-state index in [1.165, 1.54) is 5.56 Å². The second-order valence-electron chi connectivity index (χ2n) is 7.05. The van der Waals surface area contributed by atoms with Gasteiger partial charge in [-0.2, -0.15) is 5.10 Å². The number of nitrogens with zero attached hydrogens (tertiary/aromatic N) is 2. The number of ether oxygens (including phenoxy) is 2. The van der Waals surface area contributed by atoms with Crippen molar-refractivity contribution < 1.29 is 14.3 Å². The maximum absolute atomic E-state index is 12.0. The van der Waals surface area contributed by atoms with Gasteiger partial charge in [-0.05, 0) is 54.3 Å². The maximum atomic E-state index is 12.0. The van der Waals surface area contributed by atoms with Crippen LogP contribution in [-0.4, -0.2) is 30.3 Å². The highest BCUT2D eigenvalue weighted by molar-refractivity contribution is 5.94. The van der Waals surface area contributed by atoms with E-state index in [4.69, 9.17) is 9.47 Å². The minimum Gasteiger partial charge on any atom is -0.490 e. The summed E-state index contributed by atoms with van der Waals surface area (Å²) in [5, 5.41) is 4.03. The summed E-state index contributed by atoms with van der Waals surface area (Å²) in [5.74, 6) is 1.74. The molecule has 0 radical (unpaired) electrons. The summed E-state index contributed by atoms with van der Waals surface area (Å²) >= 11 is 0. The molecule has 0 aliphatic carbocycles. The molecule has 1 heterocycles. The van der Waals surface area contributed by atoms with Crippen molar-refractivity contribution in [1.82, 2.24) is 10.4 Å². The summed E-state index contributed by atoms with van der Waals surface area (Å²) in [6.07, 6.45) is 5.79. The molecule has 0 aliphatic rings. The van der Waals surface area contributed by atoms with Gasteiger partial charge in [0.15, 0.2) is 0 Å². The fraction of sp³-hybridized carbons (Fsp3) is 0.240. The van der Waals surface area contributed by atoms with E-state index < -0.39 is 0 Å². The van der Waals surface area contributed by atoms with Gasteiger partial charge in [0.1, 0.15) is 24.7 Å². The molecule has 6 heteroatoms. The molecule has 1 aromatic heterocycles. The number of hydrazone groups is 1. The molecule has 0 spiro atoms. The van der Waals surface area contributed by atoms with Gasteiger partial charge in [0, 0.05) is 23.5 Å². The average molecular weight is 418 g/mol. The summed E-state index contributed by atoms with van der Waals surface area (Å²) in [6.45, 7) is 5.22. The molecule has 0 saturated heterocycles. The lowest BCUT2D eigenvalue weighted by Gasteiger charge is -2.12. The Morgan fingerprint density at radius 1 is 1.03 bits per heavy atom. The molecule has 1 unspecified atom stereocenters. The molecule has 1 amide bonds. The molecule has 1 N–H and O–H groups in total. The Morgan fingerprint density at radius 2 is 1.74 bits per heavy atom. The molecule has 3 aromatic rings. The minimum absolute atomic E-state index is 0.301. The molecule has 3 rings (SSSR count). The topological polar surface area (TPSA) is 72.8 Å². The Bertz CT molecular complexity index is 988. The molecular weight excluding hydrogens is 390 g/mol. The van der Waals surface area contributed by atoms with Crippen LogP contribution < -0.4 is 14.9 Å². The largest absolute Gasteiger partial charge is 0.490 e. The van der Waals surface area contributed by atoms with Crippen molar-refractivity contribution in [3.05, 3.63) is 89.7 Å². The van der Waals surface area contributed by atoms with E-state index in [-0.39, 0.29) is 5.91 Å². The van der Waals surface area contributed by atoms with Crippen molar-refractivity contribution in [2.75, 3.05) is 13.2 Å². The van der Waals surface area contributed by atoms with Crippen LogP contribution in [-0.2, 0) is 0 Å². The standard InChI is InChI=1S/C25H27N3O3/c1-3-19(2)20-8-10-23(11-9-20)30-16-17-31-24-7-5-4-6-22(24)18-27-28-25(29)21-12-14-26-15-13-21/h4-15,18-19H,3,16-17H2,1-2H3,(H,28,29). The van der Waals surface area contributed by atoms with E-state index in [9.17, 15) is 4.79 Å². The Balaban J connectivity index is 1.48. The molecule has 0 fully saturated rings. The SMILES string of the molecule is CCC(C)c1ccc(OCCOc2ccccc2C=NNC(=O)c2ccncc2)cc1. The van der Waals surface area contributed by atoms with Crippen molar-refractivity contribution in [1.29, 1.82) is 0 Å². The van der Waals surface area contributed by atoms with Crippen molar-refractivity contribution in [2.24, 2.45) is 5.10 Å². The van der Waals surface area contributed by atoms with Crippen LogP contribution >= 0.6 is 0 Å². The van der Waals surface area contributed by atoms with Crippen LogP contribution in [0.15, 0.2) is 78.2 Å². The van der Waals surface area contributed by atoms with E-state index in [0.29, 0.717) is 30.4 Å². The number of benzene rings is 2. The molecular formula is C25H27N3O3. The van der Waals surface area contributed by atoms with E-state index in [1.54, 1.807) is 30.7 Å². The number of pyridine rings is 1. The number of amides is 1. The van der Waals surface area contributed by atoms with Crippen molar-refractivity contribution >= 4 is 12.1 Å². The van der Waals surface area contributed by atoms with Crippen molar-refractivity contribution in [3.63, 3.8) is 0 Å². The molecule has 2 aromatic carbocycles. The lowest BCUT2D eigenvalue weighted by atomic mass is 9.99. The first-order chi connectivity index (χ1) is 15.2. The second-order valence-corrected chi connectivity index (χ2v) is 7.05. The number of para-hydroxylation sites is 1. The highest BCUT2D eigenvalue weighted by Gasteiger charge is 2.05. The number of hydrogen-bond donors (Lipinski definition) is 1.